The Morgan fingerprint density at radius 1 is 0.303 bits per heavy atom. The summed E-state index contributed by atoms with van der Waals surface area (Å²) in [6.45, 7) is 36.7. The lowest BCUT2D eigenvalue weighted by Gasteiger charge is -2.63. The fraction of sp³-hybridized carbons (Fsp3) is 0.938. The molecular weight excluding hydrogens is 841 g/mol. The Hall–Kier alpha value is -2.07. The average Bonchev–Trinajstić information content (AvgIpc) is 3.11. The second kappa shape index (κ2) is 15.7. The summed E-state index contributed by atoms with van der Waals surface area (Å²) in [6, 6.07) is -0.446. The number of hydrogen-bond donors (Lipinski definition) is 9. The number of hydroxylamine groups is 12. The number of anilines is 3. The van der Waals surface area contributed by atoms with Crippen LogP contribution in [0.1, 0.15) is 202 Å². The molecule has 18 heteroatoms. The van der Waals surface area contributed by atoms with E-state index in [1.54, 1.807) is 15.2 Å². The fourth-order valence-electron chi connectivity index (χ4n) is 16.1. The maximum absolute atomic E-state index is 12.1. The van der Waals surface area contributed by atoms with Crippen molar-refractivity contribution >= 4 is 17.8 Å². The molecule has 7 rings (SSSR count). The fourth-order valence-corrected chi connectivity index (χ4v) is 16.1. The highest BCUT2D eigenvalue weighted by Crippen LogP contribution is 2.55. The van der Waals surface area contributed by atoms with Gasteiger partial charge in [-0.1, -0.05) is 0 Å². The molecule has 0 radical (unpaired) electrons. The minimum Gasteiger partial charge on any atom is -0.351 e. The maximum Gasteiger partial charge on any atom is 0.229 e. The number of aromatic nitrogens is 3. The van der Waals surface area contributed by atoms with Gasteiger partial charge in [0, 0.05) is 68.0 Å². The van der Waals surface area contributed by atoms with Gasteiger partial charge in [0.2, 0.25) is 17.8 Å². The van der Waals surface area contributed by atoms with Crippen molar-refractivity contribution in [2.24, 2.45) is 0 Å². The molecule has 6 aliphatic heterocycles. The van der Waals surface area contributed by atoms with E-state index >= 15 is 0 Å². The van der Waals surface area contributed by atoms with Crippen LogP contribution in [-0.2, 0) is 0 Å². The van der Waals surface area contributed by atoms with Crippen molar-refractivity contribution in [1.82, 2.24) is 45.3 Å². The van der Waals surface area contributed by atoms with Crippen molar-refractivity contribution in [3.8, 4) is 0 Å². The van der Waals surface area contributed by atoms with E-state index < -0.39 is 66.5 Å². The quantitative estimate of drug-likeness (QED) is 0.131. The van der Waals surface area contributed by atoms with Crippen LogP contribution in [0.4, 0.5) is 17.8 Å². The van der Waals surface area contributed by atoms with Gasteiger partial charge in [0.25, 0.3) is 0 Å². The lowest BCUT2D eigenvalue weighted by Crippen LogP contribution is -2.73. The van der Waals surface area contributed by atoms with Crippen LogP contribution in [0, 0.1) is 0 Å². The minimum atomic E-state index is -0.658. The van der Waals surface area contributed by atoms with E-state index in [9.17, 15) is 31.2 Å². The lowest BCUT2D eigenvalue weighted by atomic mass is 9.63. The van der Waals surface area contributed by atoms with E-state index in [1.165, 1.54) is 15.2 Å². The molecule has 3 atom stereocenters. The van der Waals surface area contributed by atoms with E-state index in [-0.39, 0.29) is 18.1 Å². The largest absolute Gasteiger partial charge is 0.351 e. The molecule has 18 nitrogen and oxygen atoms in total. The van der Waals surface area contributed by atoms with Gasteiger partial charge in [-0.2, -0.15) is 45.3 Å². The van der Waals surface area contributed by atoms with Crippen LogP contribution in [0.2, 0.25) is 0 Å². The molecule has 0 bridgehead atoms. The Labute approximate surface area is 395 Å². The summed E-state index contributed by atoms with van der Waals surface area (Å²) in [7, 11) is 0. The summed E-state index contributed by atoms with van der Waals surface area (Å²) in [6.07, 6.45) is 6.82. The highest BCUT2D eigenvalue weighted by atomic mass is 16.5. The molecule has 0 aliphatic carbocycles. The van der Waals surface area contributed by atoms with Gasteiger partial charge < -0.3 is 47.2 Å². The normalized spacial score (nSPS) is 34.3. The predicted molar refractivity (Wildman–Crippen MR) is 254 cm³/mol. The van der Waals surface area contributed by atoms with E-state index in [2.05, 4.69) is 57.5 Å². The Morgan fingerprint density at radius 3 is 0.667 bits per heavy atom. The van der Waals surface area contributed by atoms with Gasteiger partial charge >= 0.3 is 0 Å². The zero-order chi connectivity index (χ0) is 49.7. The number of nitrogens with zero attached hydrogens (tertiary/aromatic N) is 9. The molecule has 1 aromatic rings. The Morgan fingerprint density at radius 2 is 0.485 bits per heavy atom. The molecule has 1 aromatic heterocycles. The molecule has 6 saturated heterocycles. The number of nitrogens with one attached hydrogen (secondary N) is 3. The van der Waals surface area contributed by atoms with Gasteiger partial charge in [-0.15, -0.1) is 0 Å². The first-order valence-electron chi connectivity index (χ1n) is 24.7. The number of rotatable bonds is 6. The van der Waals surface area contributed by atoms with E-state index in [0.717, 1.165) is 0 Å². The first-order chi connectivity index (χ1) is 29.6. The third kappa shape index (κ3) is 8.99. The monoisotopic (exact) mass is 931 g/mol. The highest BCUT2D eigenvalue weighted by Gasteiger charge is 2.63. The minimum absolute atomic E-state index is 0.149. The van der Waals surface area contributed by atoms with Crippen LogP contribution >= 0.6 is 0 Å². The van der Waals surface area contributed by atoms with Crippen molar-refractivity contribution in [2.45, 2.75) is 286 Å². The van der Waals surface area contributed by atoms with Crippen molar-refractivity contribution < 1.29 is 31.2 Å². The molecule has 66 heavy (non-hydrogen) atoms. The van der Waals surface area contributed by atoms with Crippen molar-refractivity contribution in [3.63, 3.8) is 0 Å². The molecule has 0 amide bonds. The van der Waals surface area contributed by atoms with E-state index in [0.29, 0.717) is 94.9 Å². The Kier molecular flexibility index (Phi) is 12.3. The lowest BCUT2D eigenvalue weighted by molar-refractivity contribution is -0.323. The molecule has 0 aromatic carbocycles. The van der Waals surface area contributed by atoms with Gasteiger partial charge in [-0.25, -0.2) is 0 Å². The summed E-state index contributed by atoms with van der Waals surface area (Å²) >= 11 is 0. The zero-order valence-electron chi connectivity index (χ0n) is 43.9. The smallest absolute Gasteiger partial charge is 0.229 e. The zero-order valence-corrected chi connectivity index (χ0v) is 43.9. The topological polar surface area (TPSA) is 216 Å². The third-order valence-corrected chi connectivity index (χ3v) is 16.8. The summed E-state index contributed by atoms with van der Waals surface area (Å²) in [4.78, 5) is 15.3. The molecule has 3 unspecified atom stereocenters. The Bertz CT molecular complexity index is 1700. The number of piperidine rings is 6. The molecular formula is C48H90N12O6. The van der Waals surface area contributed by atoms with E-state index in [1.807, 2.05) is 83.1 Å². The van der Waals surface area contributed by atoms with Crippen LogP contribution in [0.5, 0.6) is 0 Å². The third-order valence-electron chi connectivity index (χ3n) is 16.8. The molecule has 7 heterocycles. The van der Waals surface area contributed by atoms with Gasteiger partial charge in [-0.05, 0) is 202 Å². The Balaban J connectivity index is 1.26. The van der Waals surface area contributed by atoms with Crippen LogP contribution in [0.15, 0.2) is 0 Å². The first-order valence-corrected chi connectivity index (χ1v) is 24.7. The second-order valence-corrected chi connectivity index (χ2v) is 28.0. The maximum atomic E-state index is 12.1. The summed E-state index contributed by atoms with van der Waals surface area (Å²) < 4.78 is 0. The molecule has 6 aliphatic rings. The van der Waals surface area contributed by atoms with Crippen molar-refractivity contribution in [1.29, 1.82) is 0 Å². The summed E-state index contributed by atoms with van der Waals surface area (Å²) in [5, 5.41) is 90.4. The standard InChI is InChI=1S/C48H90N12O6/c1-37(2)19-31(22-46(58(37)64)25-40(7,8)55(61)41(9,10)26-46)49-34-52-35(50-32-20-38(3,4)59(65)47(23-32)27-42(11,12)56(62)43(13,14)28-47)54-36(53-34)51-33-21-39(5,6)60(66)48(24-33)29-44(15,16)57(63)45(17,18)30-48/h31-33,61-66H,19-30H2,1-18H3,(H3,49,50,51,52,53,54). The second-order valence-electron chi connectivity index (χ2n) is 28.0. The van der Waals surface area contributed by atoms with Gasteiger partial charge in [-0.3, -0.25) is 0 Å². The molecule has 9 N–H and O–H groups in total. The van der Waals surface area contributed by atoms with Gasteiger partial charge in [0.1, 0.15) is 0 Å². The van der Waals surface area contributed by atoms with Crippen LogP contribution in [0.3, 0.4) is 0 Å². The van der Waals surface area contributed by atoms with Crippen LogP contribution in [0.25, 0.3) is 0 Å². The average molecular weight is 931 g/mol. The molecule has 0 saturated carbocycles. The highest BCUT2D eigenvalue weighted by molar-refractivity contribution is 5.45. The summed E-state index contributed by atoms with van der Waals surface area (Å²) in [5.74, 6) is 1.18. The van der Waals surface area contributed by atoms with Gasteiger partial charge in [0.15, 0.2) is 0 Å². The molecule has 6 fully saturated rings. The van der Waals surface area contributed by atoms with Crippen LogP contribution in [-0.4, -0.2) is 161 Å². The number of hydrogen-bond acceptors (Lipinski definition) is 18. The SMILES string of the molecule is CC1(C)CC2(CC(Nc3nc(NC4CC(C)(C)N(O)C5(C4)CC(C)(C)N(O)C(C)(C)C5)nc(NC4CC(C)(C)N(O)C5(C4)CC(C)(C)N(O)C(C)(C)C5)n3)CC(C)(C)N2O)CC(C)(C)N1O. The van der Waals surface area contributed by atoms with Crippen LogP contribution < -0.4 is 16.0 Å². The van der Waals surface area contributed by atoms with Crippen molar-refractivity contribution in [2.75, 3.05) is 16.0 Å². The predicted octanol–water partition coefficient (Wildman–Crippen LogP) is 8.35. The van der Waals surface area contributed by atoms with Crippen molar-refractivity contribution in [3.05, 3.63) is 0 Å². The summed E-state index contributed by atoms with van der Waals surface area (Å²) in [5.41, 5.74) is -7.49. The molecule has 378 valence electrons. The molecule has 3 spiro atoms. The first kappa shape index (κ1) is 51.8. The van der Waals surface area contributed by atoms with E-state index in [4.69, 9.17) is 15.0 Å². The van der Waals surface area contributed by atoms with Gasteiger partial charge in [0.05, 0.1) is 16.6 Å².